The molecule has 19 heavy (non-hydrogen) atoms. The Balaban J connectivity index is 2.08. The summed E-state index contributed by atoms with van der Waals surface area (Å²) < 4.78 is 7.70. The maximum absolute atomic E-state index is 5.93. The number of nitrogens with two attached hydrogens (primary N) is 1. The summed E-state index contributed by atoms with van der Waals surface area (Å²) in [6.07, 6.45) is 2.58. The van der Waals surface area contributed by atoms with Crippen molar-refractivity contribution in [2.24, 2.45) is 5.73 Å². The molecule has 0 amide bonds. The highest BCUT2D eigenvalue weighted by Crippen LogP contribution is 2.23. The zero-order chi connectivity index (χ0) is 13.7. The van der Waals surface area contributed by atoms with Gasteiger partial charge in [-0.05, 0) is 19.4 Å². The molecule has 0 radical (unpaired) electrons. The van der Waals surface area contributed by atoms with Crippen molar-refractivity contribution in [3.05, 3.63) is 42.0 Å². The Bertz CT molecular complexity index is 522. The molecule has 5 nitrogen and oxygen atoms in total. The molecule has 0 saturated carbocycles. The van der Waals surface area contributed by atoms with Crippen molar-refractivity contribution in [3.8, 4) is 5.75 Å². The predicted octanol–water partition coefficient (Wildman–Crippen LogP) is 2.29. The first-order chi connectivity index (χ1) is 9.22. The minimum atomic E-state index is -0.0512. The van der Waals surface area contributed by atoms with Crippen molar-refractivity contribution in [2.75, 3.05) is 0 Å². The van der Waals surface area contributed by atoms with Crippen LogP contribution in [-0.2, 0) is 13.2 Å². The first-order valence-electron chi connectivity index (χ1n) is 6.56. The monoisotopic (exact) mass is 260 g/mol. The molecule has 0 aliphatic rings. The van der Waals surface area contributed by atoms with Crippen LogP contribution in [0.25, 0.3) is 0 Å². The SMILES string of the molecule is CCCn1ncnc1COc1ccccc1[C@@H](C)N. The second-order valence-electron chi connectivity index (χ2n) is 4.51. The smallest absolute Gasteiger partial charge is 0.164 e. The molecule has 1 aromatic carbocycles. The molecule has 1 atom stereocenters. The standard InChI is InChI=1S/C14H20N4O/c1-3-8-18-14(16-10-17-18)9-19-13-7-5-4-6-12(13)11(2)15/h4-7,10-11H,3,8-9,15H2,1-2H3/t11-/m1/s1. The van der Waals surface area contributed by atoms with Crippen LogP contribution in [0.15, 0.2) is 30.6 Å². The van der Waals surface area contributed by atoms with Gasteiger partial charge in [-0.15, -0.1) is 0 Å². The molecule has 2 rings (SSSR count). The van der Waals surface area contributed by atoms with Gasteiger partial charge in [-0.25, -0.2) is 9.67 Å². The van der Waals surface area contributed by atoms with Crippen LogP contribution in [0.5, 0.6) is 5.75 Å². The summed E-state index contributed by atoms with van der Waals surface area (Å²) in [4.78, 5) is 4.22. The molecule has 0 aliphatic carbocycles. The number of ether oxygens (including phenoxy) is 1. The molecular formula is C14H20N4O. The van der Waals surface area contributed by atoms with Gasteiger partial charge in [0, 0.05) is 18.2 Å². The van der Waals surface area contributed by atoms with E-state index >= 15 is 0 Å². The van der Waals surface area contributed by atoms with E-state index in [0.717, 1.165) is 30.1 Å². The van der Waals surface area contributed by atoms with Crippen LogP contribution in [-0.4, -0.2) is 14.8 Å². The van der Waals surface area contributed by atoms with E-state index in [1.54, 1.807) is 6.33 Å². The van der Waals surface area contributed by atoms with Crippen molar-refractivity contribution in [1.82, 2.24) is 14.8 Å². The lowest BCUT2D eigenvalue weighted by atomic mass is 10.1. The number of aryl methyl sites for hydroxylation is 1. The third-order valence-electron chi connectivity index (χ3n) is 2.90. The number of rotatable bonds is 6. The summed E-state index contributed by atoms with van der Waals surface area (Å²) in [5.41, 5.74) is 6.93. The highest BCUT2D eigenvalue weighted by atomic mass is 16.5. The van der Waals surface area contributed by atoms with Gasteiger partial charge >= 0.3 is 0 Å². The molecule has 2 aromatic rings. The van der Waals surface area contributed by atoms with E-state index in [4.69, 9.17) is 10.5 Å². The maximum Gasteiger partial charge on any atom is 0.164 e. The minimum absolute atomic E-state index is 0.0512. The van der Waals surface area contributed by atoms with E-state index < -0.39 is 0 Å². The van der Waals surface area contributed by atoms with Crippen molar-refractivity contribution in [3.63, 3.8) is 0 Å². The maximum atomic E-state index is 5.93. The number of hydrogen-bond donors (Lipinski definition) is 1. The number of nitrogens with zero attached hydrogens (tertiary/aromatic N) is 3. The van der Waals surface area contributed by atoms with Gasteiger partial charge in [0.05, 0.1) is 0 Å². The van der Waals surface area contributed by atoms with E-state index in [0.29, 0.717) is 6.61 Å². The first kappa shape index (κ1) is 13.5. The molecular weight excluding hydrogens is 240 g/mol. The van der Waals surface area contributed by atoms with Crippen LogP contribution in [0.4, 0.5) is 0 Å². The molecule has 0 spiro atoms. The molecule has 0 saturated heterocycles. The first-order valence-corrected chi connectivity index (χ1v) is 6.56. The molecule has 0 bridgehead atoms. The Hall–Kier alpha value is -1.88. The zero-order valence-electron chi connectivity index (χ0n) is 11.4. The largest absolute Gasteiger partial charge is 0.485 e. The van der Waals surface area contributed by atoms with Crippen LogP contribution >= 0.6 is 0 Å². The van der Waals surface area contributed by atoms with E-state index in [-0.39, 0.29) is 6.04 Å². The van der Waals surface area contributed by atoms with E-state index in [1.807, 2.05) is 35.9 Å². The third-order valence-corrected chi connectivity index (χ3v) is 2.90. The van der Waals surface area contributed by atoms with Gasteiger partial charge in [-0.3, -0.25) is 0 Å². The molecule has 0 unspecified atom stereocenters. The molecule has 2 N–H and O–H groups in total. The highest BCUT2D eigenvalue weighted by molar-refractivity contribution is 5.35. The average molecular weight is 260 g/mol. The van der Waals surface area contributed by atoms with Crippen LogP contribution in [0, 0.1) is 0 Å². The van der Waals surface area contributed by atoms with Crippen LogP contribution < -0.4 is 10.5 Å². The van der Waals surface area contributed by atoms with E-state index in [1.165, 1.54) is 0 Å². The predicted molar refractivity (Wildman–Crippen MR) is 73.7 cm³/mol. The Kier molecular flexibility index (Phi) is 4.52. The van der Waals surface area contributed by atoms with Crippen molar-refractivity contribution < 1.29 is 4.74 Å². The Morgan fingerprint density at radius 3 is 2.89 bits per heavy atom. The molecule has 0 aliphatic heterocycles. The lowest BCUT2D eigenvalue weighted by Gasteiger charge is -2.13. The average Bonchev–Trinajstić information content (AvgIpc) is 2.84. The van der Waals surface area contributed by atoms with Gasteiger partial charge in [0.2, 0.25) is 0 Å². The van der Waals surface area contributed by atoms with E-state index in [2.05, 4.69) is 17.0 Å². The third kappa shape index (κ3) is 3.32. The Labute approximate surface area is 113 Å². The van der Waals surface area contributed by atoms with Gasteiger partial charge in [-0.1, -0.05) is 25.1 Å². The Morgan fingerprint density at radius 2 is 2.16 bits per heavy atom. The van der Waals surface area contributed by atoms with Gasteiger partial charge in [0.25, 0.3) is 0 Å². The summed E-state index contributed by atoms with van der Waals surface area (Å²) in [5.74, 6) is 1.64. The number of benzene rings is 1. The summed E-state index contributed by atoms with van der Waals surface area (Å²) in [6.45, 7) is 5.32. The molecule has 1 heterocycles. The Morgan fingerprint density at radius 1 is 1.37 bits per heavy atom. The second-order valence-corrected chi connectivity index (χ2v) is 4.51. The lowest BCUT2D eigenvalue weighted by Crippen LogP contribution is -2.11. The normalized spacial score (nSPS) is 12.4. The van der Waals surface area contributed by atoms with Crippen molar-refractivity contribution in [2.45, 2.75) is 39.5 Å². The minimum Gasteiger partial charge on any atom is -0.485 e. The van der Waals surface area contributed by atoms with Crippen molar-refractivity contribution >= 4 is 0 Å². The number of aromatic nitrogens is 3. The van der Waals surface area contributed by atoms with Crippen LogP contribution in [0.2, 0.25) is 0 Å². The second kappa shape index (κ2) is 6.33. The fourth-order valence-corrected chi connectivity index (χ4v) is 1.93. The fourth-order valence-electron chi connectivity index (χ4n) is 1.93. The lowest BCUT2D eigenvalue weighted by molar-refractivity contribution is 0.282. The zero-order valence-corrected chi connectivity index (χ0v) is 11.4. The molecule has 5 heteroatoms. The molecule has 0 fully saturated rings. The number of para-hydroxylation sites is 1. The summed E-state index contributed by atoms with van der Waals surface area (Å²) >= 11 is 0. The van der Waals surface area contributed by atoms with Gasteiger partial charge in [0.1, 0.15) is 18.7 Å². The molecule has 1 aromatic heterocycles. The van der Waals surface area contributed by atoms with Gasteiger partial charge in [0.15, 0.2) is 5.82 Å². The van der Waals surface area contributed by atoms with Crippen molar-refractivity contribution in [1.29, 1.82) is 0 Å². The molecule has 102 valence electrons. The van der Waals surface area contributed by atoms with Gasteiger partial charge in [-0.2, -0.15) is 5.10 Å². The van der Waals surface area contributed by atoms with Crippen LogP contribution in [0.3, 0.4) is 0 Å². The highest BCUT2D eigenvalue weighted by Gasteiger charge is 2.09. The van der Waals surface area contributed by atoms with E-state index in [9.17, 15) is 0 Å². The summed E-state index contributed by atoms with van der Waals surface area (Å²) in [5, 5.41) is 4.18. The summed E-state index contributed by atoms with van der Waals surface area (Å²) in [7, 11) is 0. The quantitative estimate of drug-likeness (QED) is 0.865. The van der Waals surface area contributed by atoms with Crippen LogP contribution in [0.1, 0.15) is 37.7 Å². The summed E-state index contributed by atoms with van der Waals surface area (Å²) in [6, 6.07) is 7.77. The fraction of sp³-hybridized carbons (Fsp3) is 0.429. The topological polar surface area (TPSA) is 66.0 Å². The number of hydrogen-bond acceptors (Lipinski definition) is 4. The van der Waals surface area contributed by atoms with Gasteiger partial charge < -0.3 is 10.5 Å².